The van der Waals surface area contributed by atoms with Crippen molar-refractivity contribution in [3.63, 3.8) is 0 Å². The molecule has 1 heterocycles. The summed E-state index contributed by atoms with van der Waals surface area (Å²) in [6.45, 7) is 11.1. The molecule has 2 rings (SSSR count). The van der Waals surface area contributed by atoms with Gasteiger partial charge in [0.05, 0.1) is 0 Å². The van der Waals surface area contributed by atoms with Gasteiger partial charge in [0.15, 0.2) is 0 Å². The standard InChI is InChI=1S/C17H24N2OS/c1-12(2)8-18-9-16-10-19-17(21-16)11-20-15-6-13(3)5-14(4)7-15/h5-7,10,12,18H,8-9,11H2,1-4H3. The smallest absolute Gasteiger partial charge is 0.140 e. The minimum atomic E-state index is 0.539. The molecule has 0 saturated heterocycles. The van der Waals surface area contributed by atoms with E-state index in [2.05, 4.69) is 56.2 Å². The molecule has 114 valence electrons. The molecule has 0 radical (unpaired) electrons. The van der Waals surface area contributed by atoms with Crippen LogP contribution in [0, 0.1) is 19.8 Å². The normalized spacial score (nSPS) is 11.1. The Kier molecular flexibility index (Phi) is 5.76. The fraction of sp³-hybridized carbons (Fsp3) is 0.471. The minimum Gasteiger partial charge on any atom is -0.486 e. The first-order valence-corrected chi connectivity index (χ1v) is 8.20. The third kappa shape index (κ3) is 5.48. The average Bonchev–Trinajstić information content (AvgIpc) is 2.83. The largest absolute Gasteiger partial charge is 0.486 e. The van der Waals surface area contributed by atoms with Crippen molar-refractivity contribution < 1.29 is 4.74 Å². The van der Waals surface area contributed by atoms with Gasteiger partial charge in [0.25, 0.3) is 0 Å². The van der Waals surface area contributed by atoms with Crippen molar-refractivity contribution >= 4 is 11.3 Å². The number of rotatable bonds is 7. The Morgan fingerprint density at radius 1 is 1.19 bits per heavy atom. The second kappa shape index (κ2) is 7.57. The van der Waals surface area contributed by atoms with E-state index in [0.29, 0.717) is 12.5 Å². The number of hydrogen-bond acceptors (Lipinski definition) is 4. The molecule has 1 aromatic carbocycles. The number of aryl methyl sites for hydroxylation is 2. The molecular formula is C17H24N2OS. The number of nitrogens with zero attached hydrogens (tertiary/aromatic N) is 1. The van der Waals surface area contributed by atoms with E-state index in [9.17, 15) is 0 Å². The zero-order chi connectivity index (χ0) is 15.2. The summed E-state index contributed by atoms with van der Waals surface area (Å²) >= 11 is 1.71. The number of thiazole rings is 1. The van der Waals surface area contributed by atoms with Crippen LogP contribution >= 0.6 is 11.3 Å². The highest BCUT2D eigenvalue weighted by Crippen LogP contribution is 2.19. The monoisotopic (exact) mass is 304 g/mol. The second-order valence-corrected chi connectivity index (χ2v) is 7.06. The maximum absolute atomic E-state index is 5.84. The molecule has 0 saturated carbocycles. The summed E-state index contributed by atoms with van der Waals surface area (Å²) in [6, 6.07) is 6.27. The van der Waals surface area contributed by atoms with Crippen LogP contribution in [0.4, 0.5) is 0 Å². The molecule has 0 fully saturated rings. The number of aromatic nitrogens is 1. The molecule has 0 aliphatic carbocycles. The molecule has 2 aromatic rings. The third-order valence-corrected chi connectivity index (χ3v) is 3.98. The Labute approximate surface area is 131 Å². The van der Waals surface area contributed by atoms with E-state index < -0.39 is 0 Å². The number of ether oxygens (including phenoxy) is 1. The first-order chi connectivity index (χ1) is 10.0. The lowest BCUT2D eigenvalue weighted by atomic mass is 10.1. The summed E-state index contributed by atoms with van der Waals surface area (Å²) in [4.78, 5) is 5.69. The molecule has 0 spiro atoms. The van der Waals surface area contributed by atoms with Gasteiger partial charge in [-0.2, -0.15) is 0 Å². The van der Waals surface area contributed by atoms with Crippen LogP contribution in [0.25, 0.3) is 0 Å². The van der Waals surface area contributed by atoms with Gasteiger partial charge in [-0.1, -0.05) is 19.9 Å². The Bertz CT molecular complexity index is 558. The highest BCUT2D eigenvalue weighted by Gasteiger charge is 2.04. The summed E-state index contributed by atoms with van der Waals surface area (Å²) in [6.07, 6.45) is 1.94. The Hall–Kier alpha value is -1.39. The Balaban J connectivity index is 1.85. The van der Waals surface area contributed by atoms with E-state index in [1.807, 2.05) is 6.20 Å². The van der Waals surface area contributed by atoms with Gasteiger partial charge in [-0.25, -0.2) is 4.98 Å². The molecule has 0 amide bonds. The van der Waals surface area contributed by atoms with Gasteiger partial charge >= 0.3 is 0 Å². The lowest BCUT2D eigenvalue weighted by Crippen LogP contribution is -2.18. The van der Waals surface area contributed by atoms with Gasteiger partial charge in [0, 0.05) is 17.6 Å². The van der Waals surface area contributed by atoms with Crippen molar-refractivity contribution in [3.05, 3.63) is 45.4 Å². The Morgan fingerprint density at radius 2 is 1.90 bits per heavy atom. The average molecular weight is 304 g/mol. The van der Waals surface area contributed by atoms with E-state index in [0.717, 1.165) is 23.8 Å². The molecule has 1 aromatic heterocycles. The molecule has 3 nitrogen and oxygen atoms in total. The molecule has 0 bridgehead atoms. The van der Waals surface area contributed by atoms with E-state index in [4.69, 9.17) is 4.74 Å². The van der Waals surface area contributed by atoms with Crippen LogP contribution in [0.3, 0.4) is 0 Å². The third-order valence-electron chi connectivity index (χ3n) is 3.01. The van der Waals surface area contributed by atoms with E-state index in [1.54, 1.807) is 11.3 Å². The van der Waals surface area contributed by atoms with Crippen molar-refractivity contribution in [2.24, 2.45) is 5.92 Å². The molecule has 0 aliphatic rings. The molecule has 0 unspecified atom stereocenters. The number of hydrogen-bond donors (Lipinski definition) is 1. The number of nitrogens with one attached hydrogen (secondary N) is 1. The van der Waals surface area contributed by atoms with Crippen LogP contribution < -0.4 is 10.1 Å². The van der Waals surface area contributed by atoms with Crippen LogP contribution in [-0.2, 0) is 13.2 Å². The quantitative estimate of drug-likeness (QED) is 0.837. The molecule has 0 aliphatic heterocycles. The first kappa shape index (κ1) is 16.0. The van der Waals surface area contributed by atoms with Crippen LogP contribution in [0.1, 0.15) is 34.9 Å². The highest BCUT2D eigenvalue weighted by molar-refractivity contribution is 7.11. The van der Waals surface area contributed by atoms with Crippen molar-refractivity contribution in [1.29, 1.82) is 0 Å². The predicted octanol–water partition coefficient (Wildman–Crippen LogP) is 4.08. The predicted molar refractivity (Wildman–Crippen MR) is 88.9 cm³/mol. The lowest BCUT2D eigenvalue weighted by Gasteiger charge is -2.06. The van der Waals surface area contributed by atoms with E-state index >= 15 is 0 Å². The van der Waals surface area contributed by atoms with Gasteiger partial charge in [-0.15, -0.1) is 11.3 Å². The summed E-state index contributed by atoms with van der Waals surface area (Å²) in [7, 11) is 0. The highest BCUT2D eigenvalue weighted by atomic mass is 32.1. The molecule has 21 heavy (non-hydrogen) atoms. The maximum Gasteiger partial charge on any atom is 0.140 e. The van der Waals surface area contributed by atoms with Crippen LogP contribution in [-0.4, -0.2) is 11.5 Å². The summed E-state index contributed by atoms with van der Waals surface area (Å²) in [5.74, 6) is 1.59. The maximum atomic E-state index is 5.84. The fourth-order valence-electron chi connectivity index (χ4n) is 2.14. The summed E-state index contributed by atoms with van der Waals surface area (Å²) < 4.78 is 5.84. The first-order valence-electron chi connectivity index (χ1n) is 7.38. The zero-order valence-corrected chi connectivity index (χ0v) is 14.1. The molecule has 0 atom stereocenters. The molecule has 4 heteroatoms. The van der Waals surface area contributed by atoms with Gasteiger partial charge in [-0.05, 0) is 49.6 Å². The van der Waals surface area contributed by atoms with Crippen molar-refractivity contribution in [1.82, 2.24) is 10.3 Å². The van der Waals surface area contributed by atoms with E-state index in [-0.39, 0.29) is 0 Å². The van der Waals surface area contributed by atoms with Crippen LogP contribution in [0.5, 0.6) is 5.75 Å². The second-order valence-electron chi connectivity index (χ2n) is 5.86. The van der Waals surface area contributed by atoms with Crippen molar-refractivity contribution in [2.75, 3.05) is 6.54 Å². The number of benzene rings is 1. The van der Waals surface area contributed by atoms with E-state index in [1.165, 1.54) is 16.0 Å². The molecule has 1 N–H and O–H groups in total. The molecular weight excluding hydrogens is 280 g/mol. The minimum absolute atomic E-state index is 0.539. The Morgan fingerprint density at radius 3 is 2.57 bits per heavy atom. The zero-order valence-electron chi connectivity index (χ0n) is 13.3. The van der Waals surface area contributed by atoms with Gasteiger partial charge < -0.3 is 10.1 Å². The van der Waals surface area contributed by atoms with Gasteiger partial charge in [0.2, 0.25) is 0 Å². The van der Waals surface area contributed by atoms with Crippen LogP contribution in [0.2, 0.25) is 0 Å². The lowest BCUT2D eigenvalue weighted by molar-refractivity contribution is 0.305. The summed E-state index contributed by atoms with van der Waals surface area (Å²) in [5.41, 5.74) is 2.45. The fourth-order valence-corrected chi connectivity index (χ4v) is 2.95. The van der Waals surface area contributed by atoms with Crippen molar-refractivity contribution in [3.8, 4) is 5.75 Å². The van der Waals surface area contributed by atoms with Crippen molar-refractivity contribution in [2.45, 2.75) is 40.8 Å². The van der Waals surface area contributed by atoms with Gasteiger partial charge in [-0.3, -0.25) is 0 Å². The summed E-state index contributed by atoms with van der Waals surface area (Å²) in [5, 5.41) is 4.46. The van der Waals surface area contributed by atoms with Crippen LogP contribution in [0.15, 0.2) is 24.4 Å². The topological polar surface area (TPSA) is 34.1 Å². The van der Waals surface area contributed by atoms with Gasteiger partial charge in [0.1, 0.15) is 17.4 Å². The SMILES string of the molecule is Cc1cc(C)cc(OCc2ncc(CNCC(C)C)s2)c1.